The minimum atomic E-state index is -0.873. The Balaban J connectivity index is 1.91. The molecule has 2 aliphatic heterocycles. The van der Waals surface area contributed by atoms with Gasteiger partial charge in [-0.3, -0.25) is 4.99 Å². The Kier molecular flexibility index (Phi) is 3.28. The number of allylic oxidation sites excluding steroid dienone is 1. The van der Waals surface area contributed by atoms with Crippen molar-refractivity contribution in [3.05, 3.63) is 57.6 Å². The Morgan fingerprint density at radius 1 is 1.09 bits per heavy atom. The van der Waals surface area contributed by atoms with Crippen molar-refractivity contribution in [2.45, 2.75) is 12.5 Å². The lowest BCUT2D eigenvalue weighted by Gasteiger charge is -2.24. The van der Waals surface area contributed by atoms with Crippen molar-refractivity contribution in [2.75, 3.05) is 6.79 Å². The van der Waals surface area contributed by atoms with Crippen molar-refractivity contribution in [1.29, 1.82) is 0 Å². The van der Waals surface area contributed by atoms with Crippen LogP contribution in [0.2, 0.25) is 10.3 Å². The highest BCUT2D eigenvalue weighted by Crippen LogP contribution is 2.42. The van der Waals surface area contributed by atoms with E-state index >= 15 is 0 Å². The zero-order chi connectivity index (χ0) is 16.0. The van der Waals surface area contributed by atoms with Crippen molar-refractivity contribution in [3.8, 4) is 11.5 Å². The monoisotopic (exact) mass is 347 g/mol. The van der Waals surface area contributed by atoms with E-state index in [-0.39, 0.29) is 6.79 Å². The molecule has 0 radical (unpaired) electrons. The van der Waals surface area contributed by atoms with Gasteiger partial charge in [-0.25, -0.2) is 9.97 Å². The number of nitrogens with zero attached hydrogens (tertiary/aromatic N) is 3. The molecule has 3 heterocycles. The van der Waals surface area contributed by atoms with Gasteiger partial charge >= 0.3 is 0 Å². The molecule has 0 spiro atoms. The van der Waals surface area contributed by atoms with E-state index in [0.29, 0.717) is 33.2 Å². The quantitative estimate of drug-likeness (QED) is 0.777. The van der Waals surface area contributed by atoms with Crippen LogP contribution in [0.3, 0.4) is 0 Å². The van der Waals surface area contributed by atoms with Crippen LogP contribution in [0.4, 0.5) is 0 Å². The lowest BCUT2D eigenvalue weighted by molar-refractivity contribution is 0.174. The van der Waals surface area contributed by atoms with E-state index in [9.17, 15) is 0 Å². The highest BCUT2D eigenvalue weighted by atomic mass is 35.5. The number of benzene rings is 1. The topological polar surface area (TPSA) is 56.6 Å². The second-order valence-corrected chi connectivity index (χ2v) is 5.94. The summed E-state index contributed by atoms with van der Waals surface area (Å²) < 4.78 is 10.8. The van der Waals surface area contributed by atoms with Crippen molar-refractivity contribution in [2.24, 2.45) is 4.99 Å². The molecular weight excluding hydrogens is 337 g/mol. The standard InChI is InChI=1S/C16H11Cl2N3O2/c1-9-13(17)20-15(21-14(9)18)16(5-2-6-19-16)10-3-4-11-12(7-10)23-8-22-11/h2-7H,8H2,1H3. The smallest absolute Gasteiger partial charge is 0.231 e. The van der Waals surface area contributed by atoms with Crippen LogP contribution in [0.5, 0.6) is 11.5 Å². The third-order valence-corrected chi connectivity index (χ3v) is 4.62. The molecule has 4 rings (SSSR count). The molecule has 0 fully saturated rings. The number of hydrogen-bond acceptors (Lipinski definition) is 5. The number of ether oxygens (including phenoxy) is 2. The van der Waals surface area contributed by atoms with E-state index in [4.69, 9.17) is 32.7 Å². The maximum Gasteiger partial charge on any atom is 0.231 e. The van der Waals surface area contributed by atoms with Crippen LogP contribution in [0.25, 0.3) is 0 Å². The molecule has 0 saturated carbocycles. The predicted octanol–water partition coefficient (Wildman–Crippen LogP) is 3.70. The number of rotatable bonds is 2. The molecule has 0 aliphatic carbocycles. The van der Waals surface area contributed by atoms with Gasteiger partial charge in [0.25, 0.3) is 0 Å². The first-order valence-electron chi connectivity index (χ1n) is 6.93. The number of fused-ring (bicyclic) bond motifs is 1. The molecule has 1 atom stereocenters. The molecule has 1 aromatic carbocycles. The lowest BCUT2D eigenvalue weighted by Crippen LogP contribution is -2.24. The highest BCUT2D eigenvalue weighted by Gasteiger charge is 2.37. The maximum atomic E-state index is 6.18. The molecule has 1 aromatic heterocycles. The van der Waals surface area contributed by atoms with Gasteiger partial charge in [0.2, 0.25) is 6.79 Å². The largest absolute Gasteiger partial charge is 0.454 e. The van der Waals surface area contributed by atoms with Gasteiger partial charge in [0.1, 0.15) is 10.3 Å². The van der Waals surface area contributed by atoms with Gasteiger partial charge in [-0.15, -0.1) is 0 Å². The summed E-state index contributed by atoms with van der Waals surface area (Å²) in [6.45, 7) is 1.99. The van der Waals surface area contributed by atoms with Crippen LogP contribution in [0, 0.1) is 6.92 Å². The maximum absolute atomic E-state index is 6.18. The van der Waals surface area contributed by atoms with Gasteiger partial charge in [0.05, 0.1) is 0 Å². The van der Waals surface area contributed by atoms with Gasteiger partial charge in [0, 0.05) is 11.8 Å². The van der Waals surface area contributed by atoms with Gasteiger partial charge in [0.15, 0.2) is 22.9 Å². The van der Waals surface area contributed by atoms with E-state index in [1.807, 2.05) is 30.4 Å². The molecule has 5 nitrogen and oxygen atoms in total. The fraction of sp³-hybridized carbons (Fsp3) is 0.188. The van der Waals surface area contributed by atoms with Crippen molar-refractivity contribution in [3.63, 3.8) is 0 Å². The van der Waals surface area contributed by atoms with Crippen LogP contribution < -0.4 is 9.47 Å². The number of halogens is 2. The van der Waals surface area contributed by atoms with E-state index in [2.05, 4.69) is 15.0 Å². The zero-order valence-electron chi connectivity index (χ0n) is 12.1. The summed E-state index contributed by atoms with van der Waals surface area (Å²) in [5.41, 5.74) is 0.619. The summed E-state index contributed by atoms with van der Waals surface area (Å²) in [5, 5.41) is 0.631. The average molecular weight is 348 g/mol. The summed E-state index contributed by atoms with van der Waals surface area (Å²) in [4.78, 5) is 13.4. The lowest BCUT2D eigenvalue weighted by atomic mass is 9.89. The summed E-state index contributed by atoms with van der Waals surface area (Å²) >= 11 is 12.4. The predicted molar refractivity (Wildman–Crippen MR) is 87.8 cm³/mol. The Morgan fingerprint density at radius 2 is 1.83 bits per heavy atom. The number of aromatic nitrogens is 2. The van der Waals surface area contributed by atoms with Gasteiger partial charge in [-0.1, -0.05) is 29.3 Å². The molecule has 116 valence electrons. The third kappa shape index (κ3) is 2.19. The molecule has 1 unspecified atom stereocenters. The first-order valence-corrected chi connectivity index (χ1v) is 7.69. The zero-order valence-corrected chi connectivity index (χ0v) is 13.6. The minimum Gasteiger partial charge on any atom is -0.454 e. The number of hydrogen-bond donors (Lipinski definition) is 0. The molecule has 0 amide bonds. The Labute approximate surface area is 142 Å². The third-order valence-electron chi connectivity index (χ3n) is 3.88. The van der Waals surface area contributed by atoms with Crippen LogP contribution in [-0.2, 0) is 5.54 Å². The second kappa shape index (κ2) is 5.22. The summed E-state index contributed by atoms with van der Waals surface area (Å²) in [6.07, 6.45) is 5.45. The van der Waals surface area contributed by atoms with E-state index in [1.54, 1.807) is 13.1 Å². The van der Waals surface area contributed by atoms with Gasteiger partial charge in [-0.2, -0.15) is 0 Å². The molecule has 7 heteroatoms. The van der Waals surface area contributed by atoms with Crippen LogP contribution in [0.15, 0.2) is 35.3 Å². The number of aliphatic imine (C=N–C) groups is 1. The SMILES string of the molecule is Cc1c(Cl)nc(C2(c3ccc4c(c3)OCO4)C=CC=N2)nc1Cl. The molecule has 2 aliphatic rings. The highest BCUT2D eigenvalue weighted by molar-refractivity contribution is 6.34. The summed E-state index contributed by atoms with van der Waals surface area (Å²) in [6, 6.07) is 5.63. The first-order chi connectivity index (χ1) is 11.1. The Morgan fingerprint density at radius 3 is 2.52 bits per heavy atom. The molecule has 0 bridgehead atoms. The molecule has 2 aromatic rings. The van der Waals surface area contributed by atoms with Crippen molar-refractivity contribution < 1.29 is 9.47 Å². The second-order valence-electron chi connectivity index (χ2n) is 5.23. The molecule has 0 saturated heterocycles. The molecule has 23 heavy (non-hydrogen) atoms. The van der Waals surface area contributed by atoms with E-state index in [1.165, 1.54) is 0 Å². The summed E-state index contributed by atoms with van der Waals surface area (Å²) in [7, 11) is 0. The van der Waals surface area contributed by atoms with Crippen LogP contribution in [0.1, 0.15) is 17.0 Å². The fourth-order valence-electron chi connectivity index (χ4n) is 2.59. The van der Waals surface area contributed by atoms with Crippen LogP contribution in [-0.4, -0.2) is 23.0 Å². The van der Waals surface area contributed by atoms with Crippen molar-refractivity contribution >= 4 is 29.4 Å². The van der Waals surface area contributed by atoms with E-state index in [0.717, 1.165) is 5.56 Å². The Hall–Kier alpha value is -2.11. The molecular formula is C16H11Cl2N3O2. The Bertz CT molecular complexity index is 829. The van der Waals surface area contributed by atoms with E-state index < -0.39 is 5.54 Å². The molecule has 0 N–H and O–H groups in total. The van der Waals surface area contributed by atoms with Crippen molar-refractivity contribution in [1.82, 2.24) is 9.97 Å². The normalized spacial score (nSPS) is 21.2. The summed E-state index contributed by atoms with van der Waals surface area (Å²) in [5.74, 6) is 1.79. The minimum absolute atomic E-state index is 0.212. The van der Waals surface area contributed by atoms with Gasteiger partial charge in [-0.05, 0) is 36.8 Å². The van der Waals surface area contributed by atoms with Crippen LogP contribution >= 0.6 is 23.2 Å². The van der Waals surface area contributed by atoms with Gasteiger partial charge < -0.3 is 9.47 Å². The fourth-order valence-corrected chi connectivity index (χ4v) is 2.97. The first kappa shape index (κ1) is 14.5. The average Bonchev–Trinajstić information content (AvgIpc) is 3.20.